The number of benzene rings is 2. The summed E-state index contributed by atoms with van der Waals surface area (Å²) in [5, 5.41) is 1.70. The van der Waals surface area contributed by atoms with Gasteiger partial charge in [-0.2, -0.15) is 0 Å². The van der Waals surface area contributed by atoms with Crippen LogP contribution in [0.15, 0.2) is 47.5 Å². The molecule has 2 aromatic carbocycles. The molecule has 0 atom stereocenters. The third-order valence-electron chi connectivity index (χ3n) is 4.27. The smallest absolute Gasteiger partial charge is 0.187 e. The van der Waals surface area contributed by atoms with Gasteiger partial charge in [0.2, 0.25) is 0 Å². The molecule has 134 valence electrons. The number of ketones is 1. The highest BCUT2D eigenvalue weighted by Crippen LogP contribution is 2.26. The summed E-state index contributed by atoms with van der Waals surface area (Å²) in [5.74, 6) is 0.0572. The molecule has 1 fully saturated rings. The SMILES string of the molecule is Cc1cc(/C=C2\CN(C)C/C(=C\c3ccc(Cl)c(Cl)c3)C2=O)ccc1Cl. The summed E-state index contributed by atoms with van der Waals surface area (Å²) in [7, 11) is 2.00. The van der Waals surface area contributed by atoms with Gasteiger partial charge in [-0.15, -0.1) is 0 Å². The third kappa shape index (κ3) is 4.39. The van der Waals surface area contributed by atoms with Crippen molar-refractivity contribution in [3.63, 3.8) is 0 Å². The van der Waals surface area contributed by atoms with Crippen LogP contribution < -0.4 is 0 Å². The lowest BCUT2D eigenvalue weighted by Gasteiger charge is -2.26. The minimum absolute atomic E-state index is 0.0572. The molecule has 0 amide bonds. The highest BCUT2D eigenvalue weighted by molar-refractivity contribution is 6.42. The maximum absolute atomic E-state index is 12.9. The molecular weight excluding hydrogens is 389 g/mol. The van der Waals surface area contributed by atoms with Crippen LogP contribution in [0, 0.1) is 6.92 Å². The van der Waals surface area contributed by atoms with E-state index >= 15 is 0 Å². The van der Waals surface area contributed by atoms with E-state index < -0.39 is 0 Å². The summed E-state index contributed by atoms with van der Waals surface area (Å²) in [6.45, 7) is 3.16. The van der Waals surface area contributed by atoms with Gasteiger partial charge >= 0.3 is 0 Å². The molecule has 5 heteroatoms. The van der Waals surface area contributed by atoms with E-state index in [1.165, 1.54) is 0 Å². The fourth-order valence-corrected chi connectivity index (χ4v) is 3.40. The van der Waals surface area contributed by atoms with Gasteiger partial charge < -0.3 is 0 Å². The number of piperidine rings is 1. The van der Waals surface area contributed by atoms with Crippen molar-refractivity contribution in [1.82, 2.24) is 4.90 Å². The maximum atomic E-state index is 12.9. The first kappa shape index (κ1) is 19.2. The van der Waals surface area contributed by atoms with Crippen molar-refractivity contribution in [1.29, 1.82) is 0 Å². The van der Waals surface area contributed by atoms with Gasteiger partial charge in [-0.3, -0.25) is 9.69 Å². The predicted molar refractivity (Wildman–Crippen MR) is 111 cm³/mol. The third-order valence-corrected chi connectivity index (χ3v) is 5.43. The average Bonchev–Trinajstić information content (AvgIpc) is 2.58. The Morgan fingerprint density at radius 1 is 0.846 bits per heavy atom. The number of rotatable bonds is 2. The standard InChI is InChI=1S/C21H18Cl3NO/c1-13-7-14(3-5-18(13)22)8-16-11-25(2)12-17(21(16)26)9-15-4-6-19(23)20(24)10-15/h3-10H,11-12H2,1-2H3/b16-8+,17-9+. The number of likely N-dealkylation sites (N-methyl/N-ethyl adjacent to an activating group) is 1. The number of halogens is 3. The number of carbonyl (C=O) groups is 1. The summed E-state index contributed by atoms with van der Waals surface area (Å²) < 4.78 is 0. The van der Waals surface area contributed by atoms with Gasteiger partial charge in [0, 0.05) is 29.3 Å². The van der Waals surface area contributed by atoms with Crippen molar-refractivity contribution in [3.05, 3.63) is 79.3 Å². The first-order chi connectivity index (χ1) is 12.3. The minimum Gasteiger partial charge on any atom is -0.298 e. The summed E-state index contributed by atoms with van der Waals surface area (Å²) in [6, 6.07) is 11.1. The van der Waals surface area contributed by atoms with E-state index in [0.717, 1.165) is 32.9 Å². The molecule has 0 radical (unpaired) electrons. The molecule has 0 unspecified atom stereocenters. The van der Waals surface area contributed by atoms with Gasteiger partial charge in [0.15, 0.2) is 5.78 Å². The van der Waals surface area contributed by atoms with E-state index in [0.29, 0.717) is 23.1 Å². The zero-order valence-electron chi connectivity index (χ0n) is 14.5. The van der Waals surface area contributed by atoms with Gasteiger partial charge in [0.25, 0.3) is 0 Å². The number of carbonyl (C=O) groups excluding carboxylic acids is 1. The molecule has 0 aromatic heterocycles. The van der Waals surface area contributed by atoms with Gasteiger partial charge in [-0.25, -0.2) is 0 Å². The van der Waals surface area contributed by atoms with Crippen LogP contribution in [0.3, 0.4) is 0 Å². The number of hydrogen-bond acceptors (Lipinski definition) is 2. The van der Waals surface area contributed by atoms with Gasteiger partial charge in [0.1, 0.15) is 0 Å². The highest BCUT2D eigenvalue weighted by Gasteiger charge is 2.24. The second-order valence-electron chi connectivity index (χ2n) is 6.52. The van der Waals surface area contributed by atoms with Crippen molar-refractivity contribution in [2.24, 2.45) is 0 Å². The van der Waals surface area contributed by atoms with E-state index in [-0.39, 0.29) is 5.78 Å². The topological polar surface area (TPSA) is 20.3 Å². The zero-order valence-corrected chi connectivity index (χ0v) is 16.8. The molecule has 26 heavy (non-hydrogen) atoms. The minimum atomic E-state index is 0.0572. The second-order valence-corrected chi connectivity index (χ2v) is 7.74. The fourth-order valence-electron chi connectivity index (χ4n) is 2.97. The lowest BCUT2D eigenvalue weighted by molar-refractivity contribution is -0.113. The first-order valence-corrected chi connectivity index (χ1v) is 9.32. The zero-order chi connectivity index (χ0) is 18.8. The van der Waals surface area contributed by atoms with Crippen molar-refractivity contribution in [2.75, 3.05) is 20.1 Å². The molecule has 3 rings (SSSR count). The van der Waals surface area contributed by atoms with Crippen molar-refractivity contribution in [3.8, 4) is 0 Å². The van der Waals surface area contributed by atoms with Crippen LogP contribution in [0.2, 0.25) is 15.1 Å². The molecule has 1 heterocycles. The Balaban J connectivity index is 1.94. The second kappa shape index (κ2) is 7.98. The van der Waals surface area contributed by atoms with E-state index in [2.05, 4.69) is 4.90 Å². The van der Waals surface area contributed by atoms with Crippen LogP contribution in [-0.2, 0) is 4.79 Å². The normalized spacial score (nSPS) is 18.7. The Kier molecular flexibility index (Phi) is 5.89. The van der Waals surface area contributed by atoms with E-state index in [9.17, 15) is 4.79 Å². The lowest BCUT2D eigenvalue weighted by atomic mass is 9.94. The quantitative estimate of drug-likeness (QED) is 0.575. The van der Waals surface area contributed by atoms with Crippen molar-refractivity contribution >= 4 is 52.7 Å². The lowest BCUT2D eigenvalue weighted by Crippen LogP contribution is -2.34. The number of nitrogens with zero attached hydrogens (tertiary/aromatic N) is 1. The number of aryl methyl sites for hydroxylation is 1. The first-order valence-electron chi connectivity index (χ1n) is 8.19. The van der Waals surface area contributed by atoms with Crippen LogP contribution in [0.5, 0.6) is 0 Å². The van der Waals surface area contributed by atoms with Crippen LogP contribution in [-0.4, -0.2) is 30.8 Å². The molecule has 0 spiro atoms. The van der Waals surface area contributed by atoms with E-state index in [4.69, 9.17) is 34.8 Å². The van der Waals surface area contributed by atoms with Gasteiger partial charge in [-0.05, 0) is 61.0 Å². The molecule has 0 N–H and O–H groups in total. The van der Waals surface area contributed by atoms with Gasteiger partial charge in [-0.1, -0.05) is 53.0 Å². The summed E-state index contributed by atoms with van der Waals surface area (Å²) in [5.41, 5.74) is 4.31. The Hall–Kier alpha value is -1.58. The maximum Gasteiger partial charge on any atom is 0.187 e. The summed E-state index contributed by atoms with van der Waals surface area (Å²) >= 11 is 18.1. The van der Waals surface area contributed by atoms with Crippen LogP contribution in [0.25, 0.3) is 12.2 Å². The Bertz CT molecular complexity index is 857. The van der Waals surface area contributed by atoms with Crippen LogP contribution in [0.1, 0.15) is 16.7 Å². The monoisotopic (exact) mass is 405 g/mol. The molecular formula is C21H18Cl3NO. The van der Waals surface area contributed by atoms with Crippen LogP contribution in [0.4, 0.5) is 0 Å². The molecule has 1 saturated heterocycles. The number of Topliss-reactive ketones (excluding diaryl/α,β-unsaturated/α-hetero) is 1. The van der Waals surface area contributed by atoms with Crippen molar-refractivity contribution in [2.45, 2.75) is 6.92 Å². The van der Waals surface area contributed by atoms with Crippen molar-refractivity contribution < 1.29 is 4.79 Å². The molecule has 0 bridgehead atoms. The number of hydrogen-bond donors (Lipinski definition) is 0. The molecule has 0 saturated carbocycles. The molecule has 1 aliphatic rings. The number of likely N-dealkylation sites (tertiary alicyclic amines) is 1. The Morgan fingerprint density at radius 2 is 1.38 bits per heavy atom. The molecule has 0 aliphatic carbocycles. The molecule has 2 nitrogen and oxygen atoms in total. The highest BCUT2D eigenvalue weighted by atomic mass is 35.5. The average molecular weight is 407 g/mol. The van der Waals surface area contributed by atoms with E-state index in [1.54, 1.807) is 12.1 Å². The Morgan fingerprint density at radius 3 is 1.92 bits per heavy atom. The predicted octanol–water partition coefficient (Wildman–Crippen LogP) is 5.94. The largest absolute Gasteiger partial charge is 0.298 e. The Labute approximate surface area is 168 Å². The molecule has 2 aromatic rings. The molecule has 1 aliphatic heterocycles. The van der Waals surface area contributed by atoms with Crippen LogP contribution >= 0.6 is 34.8 Å². The summed E-state index contributed by atoms with van der Waals surface area (Å²) in [6.07, 6.45) is 3.81. The van der Waals surface area contributed by atoms with E-state index in [1.807, 2.05) is 50.4 Å². The van der Waals surface area contributed by atoms with Gasteiger partial charge in [0.05, 0.1) is 10.0 Å². The summed E-state index contributed by atoms with van der Waals surface area (Å²) in [4.78, 5) is 15.0. The fraction of sp³-hybridized carbons (Fsp3) is 0.190.